The lowest BCUT2D eigenvalue weighted by Crippen LogP contribution is -1.90. The van der Waals surface area contributed by atoms with Gasteiger partial charge in [0.2, 0.25) is 0 Å². The monoisotopic (exact) mass is 129 g/mol. The fourth-order valence-electron chi connectivity index (χ4n) is 0.455. The van der Waals surface area contributed by atoms with Crippen molar-refractivity contribution in [3.63, 3.8) is 0 Å². The summed E-state index contributed by atoms with van der Waals surface area (Å²) in [6.07, 6.45) is 0. The van der Waals surface area contributed by atoms with E-state index < -0.39 is 0 Å². The molecule has 0 atom stereocenters. The number of anilines is 1. The van der Waals surface area contributed by atoms with Gasteiger partial charge >= 0.3 is 6.01 Å². The SMILES string of the molecule is COCc1noc(N)n1. The molecule has 1 aromatic heterocycles. The minimum atomic E-state index is 0.0713. The largest absolute Gasteiger partial charge is 0.377 e. The molecule has 0 unspecified atom stereocenters. The Balaban J connectivity index is 2.61. The van der Waals surface area contributed by atoms with Crippen LogP contribution in [0, 0.1) is 0 Å². The van der Waals surface area contributed by atoms with Crippen molar-refractivity contribution >= 4 is 6.01 Å². The Morgan fingerprint density at radius 3 is 3.00 bits per heavy atom. The van der Waals surface area contributed by atoms with Crippen molar-refractivity contribution in [2.45, 2.75) is 6.61 Å². The molecule has 2 N–H and O–H groups in total. The van der Waals surface area contributed by atoms with Gasteiger partial charge in [-0.15, -0.1) is 0 Å². The van der Waals surface area contributed by atoms with Gasteiger partial charge in [-0.1, -0.05) is 5.16 Å². The smallest absolute Gasteiger partial charge is 0.318 e. The van der Waals surface area contributed by atoms with Gasteiger partial charge in [0.25, 0.3) is 0 Å². The van der Waals surface area contributed by atoms with E-state index in [0.717, 1.165) is 0 Å². The van der Waals surface area contributed by atoms with Gasteiger partial charge in [0, 0.05) is 7.11 Å². The molecule has 0 aliphatic rings. The first-order chi connectivity index (χ1) is 4.33. The number of aromatic nitrogens is 2. The van der Waals surface area contributed by atoms with E-state index in [1.807, 2.05) is 0 Å². The number of rotatable bonds is 2. The van der Waals surface area contributed by atoms with E-state index in [0.29, 0.717) is 12.4 Å². The summed E-state index contributed by atoms with van der Waals surface area (Å²) in [5, 5.41) is 3.47. The molecule has 0 spiro atoms. The van der Waals surface area contributed by atoms with Crippen molar-refractivity contribution in [2.24, 2.45) is 0 Å². The summed E-state index contributed by atoms with van der Waals surface area (Å²) in [5.74, 6) is 0.468. The van der Waals surface area contributed by atoms with Gasteiger partial charge in [-0.25, -0.2) is 0 Å². The van der Waals surface area contributed by atoms with Crippen LogP contribution in [0.3, 0.4) is 0 Å². The number of methoxy groups -OCH3 is 1. The first-order valence-electron chi connectivity index (χ1n) is 2.40. The second-order valence-electron chi connectivity index (χ2n) is 1.48. The van der Waals surface area contributed by atoms with E-state index in [-0.39, 0.29) is 6.01 Å². The van der Waals surface area contributed by atoms with Crippen molar-refractivity contribution in [1.29, 1.82) is 0 Å². The maximum Gasteiger partial charge on any atom is 0.318 e. The van der Waals surface area contributed by atoms with Crippen LogP contribution >= 0.6 is 0 Å². The van der Waals surface area contributed by atoms with Crippen molar-refractivity contribution < 1.29 is 9.26 Å². The molecule has 1 rings (SSSR count). The van der Waals surface area contributed by atoms with Gasteiger partial charge < -0.3 is 15.0 Å². The minimum Gasteiger partial charge on any atom is -0.377 e. The van der Waals surface area contributed by atoms with Crippen LogP contribution in [0.25, 0.3) is 0 Å². The standard InChI is InChI=1S/C4H7N3O2/c1-8-2-3-6-4(5)9-7-3/h2H2,1H3,(H2,5,6,7). The topological polar surface area (TPSA) is 74.2 Å². The summed E-state index contributed by atoms with van der Waals surface area (Å²) in [4.78, 5) is 3.68. The van der Waals surface area contributed by atoms with E-state index in [2.05, 4.69) is 14.7 Å². The summed E-state index contributed by atoms with van der Waals surface area (Å²) in [6, 6.07) is 0.0713. The Morgan fingerprint density at radius 1 is 1.78 bits per heavy atom. The molecule has 9 heavy (non-hydrogen) atoms. The molecule has 50 valence electrons. The second kappa shape index (κ2) is 2.45. The first-order valence-corrected chi connectivity index (χ1v) is 2.40. The molecule has 0 aliphatic carbocycles. The normalized spacial score (nSPS) is 9.89. The maximum atomic E-state index is 5.11. The number of hydrogen-bond donors (Lipinski definition) is 1. The highest BCUT2D eigenvalue weighted by Gasteiger charge is 1.99. The summed E-state index contributed by atoms with van der Waals surface area (Å²) < 4.78 is 9.15. The molecule has 0 aliphatic heterocycles. The highest BCUT2D eigenvalue weighted by Crippen LogP contribution is 1.97. The third-order valence-corrected chi connectivity index (χ3v) is 0.757. The van der Waals surface area contributed by atoms with E-state index in [1.165, 1.54) is 0 Å². The summed E-state index contributed by atoms with van der Waals surface area (Å²) in [5.41, 5.74) is 5.11. The number of nitrogens with zero attached hydrogens (tertiary/aromatic N) is 2. The number of ether oxygens (including phenoxy) is 1. The van der Waals surface area contributed by atoms with Crippen LogP contribution in [0.1, 0.15) is 5.82 Å². The summed E-state index contributed by atoms with van der Waals surface area (Å²) >= 11 is 0. The Bertz CT molecular complexity index is 186. The molecule has 1 aromatic rings. The molecule has 0 saturated heterocycles. The Morgan fingerprint density at radius 2 is 2.56 bits per heavy atom. The van der Waals surface area contributed by atoms with Crippen molar-refractivity contribution in [1.82, 2.24) is 10.1 Å². The number of nitrogen functional groups attached to an aromatic ring is 1. The lowest BCUT2D eigenvalue weighted by Gasteiger charge is -1.85. The third kappa shape index (κ3) is 1.39. The Hall–Kier alpha value is -1.10. The minimum absolute atomic E-state index is 0.0713. The van der Waals surface area contributed by atoms with E-state index >= 15 is 0 Å². The molecule has 0 amide bonds. The zero-order chi connectivity index (χ0) is 6.69. The predicted molar refractivity (Wildman–Crippen MR) is 29.4 cm³/mol. The lowest BCUT2D eigenvalue weighted by molar-refractivity contribution is 0.174. The summed E-state index contributed by atoms with van der Waals surface area (Å²) in [6.45, 7) is 0.334. The van der Waals surface area contributed by atoms with Crippen molar-refractivity contribution in [2.75, 3.05) is 12.8 Å². The predicted octanol–water partition coefficient (Wildman–Crippen LogP) is -0.202. The maximum absolute atomic E-state index is 5.11. The fourth-order valence-corrected chi connectivity index (χ4v) is 0.455. The Kier molecular flexibility index (Phi) is 1.64. The Labute approximate surface area is 51.8 Å². The molecule has 5 nitrogen and oxygen atoms in total. The zero-order valence-corrected chi connectivity index (χ0v) is 5.00. The number of nitrogens with two attached hydrogens (primary N) is 1. The average molecular weight is 129 g/mol. The van der Waals surface area contributed by atoms with E-state index in [4.69, 9.17) is 10.5 Å². The first kappa shape index (κ1) is 6.03. The van der Waals surface area contributed by atoms with E-state index in [9.17, 15) is 0 Å². The third-order valence-electron chi connectivity index (χ3n) is 0.757. The quantitative estimate of drug-likeness (QED) is 0.598. The van der Waals surface area contributed by atoms with Crippen LogP contribution in [-0.2, 0) is 11.3 Å². The van der Waals surface area contributed by atoms with Crippen molar-refractivity contribution in [3.05, 3.63) is 5.82 Å². The van der Waals surface area contributed by atoms with Crippen LogP contribution < -0.4 is 5.73 Å². The molecule has 5 heteroatoms. The molecular formula is C4H7N3O2. The van der Waals surface area contributed by atoms with Gasteiger partial charge in [0.1, 0.15) is 6.61 Å². The van der Waals surface area contributed by atoms with Crippen LogP contribution in [0.5, 0.6) is 0 Å². The summed E-state index contributed by atoms with van der Waals surface area (Å²) in [7, 11) is 1.55. The molecule has 0 saturated carbocycles. The highest BCUT2D eigenvalue weighted by atomic mass is 16.5. The van der Waals surface area contributed by atoms with Gasteiger partial charge in [-0.05, 0) is 0 Å². The highest BCUT2D eigenvalue weighted by molar-refractivity contribution is 5.06. The molecule has 0 fully saturated rings. The van der Waals surface area contributed by atoms with Gasteiger partial charge in [-0.3, -0.25) is 0 Å². The van der Waals surface area contributed by atoms with E-state index in [1.54, 1.807) is 7.11 Å². The van der Waals surface area contributed by atoms with Crippen molar-refractivity contribution in [3.8, 4) is 0 Å². The molecule has 0 aromatic carbocycles. The molecular weight excluding hydrogens is 122 g/mol. The zero-order valence-electron chi connectivity index (χ0n) is 5.00. The van der Waals surface area contributed by atoms with Gasteiger partial charge in [0.05, 0.1) is 0 Å². The fraction of sp³-hybridized carbons (Fsp3) is 0.500. The van der Waals surface area contributed by atoms with Crippen LogP contribution in [0.2, 0.25) is 0 Å². The van der Waals surface area contributed by atoms with Crippen LogP contribution in [0.4, 0.5) is 6.01 Å². The average Bonchev–Trinajstić information content (AvgIpc) is 2.17. The van der Waals surface area contributed by atoms with Crippen LogP contribution in [-0.4, -0.2) is 17.3 Å². The molecule has 0 radical (unpaired) electrons. The van der Waals surface area contributed by atoms with Gasteiger partial charge in [-0.2, -0.15) is 4.98 Å². The van der Waals surface area contributed by atoms with Gasteiger partial charge in [0.15, 0.2) is 5.82 Å². The molecule has 1 heterocycles. The number of hydrogen-bond acceptors (Lipinski definition) is 5. The molecule has 0 bridgehead atoms. The van der Waals surface area contributed by atoms with Crippen LogP contribution in [0.15, 0.2) is 4.52 Å². The lowest BCUT2D eigenvalue weighted by atomic mass is 10.7. The second-order valence-corrected chi connectivity index (χ2v) is 1.48.